The summed E-state index contributed by atoms with van der Waals surface area (Å²) in [6.07, 6.45) is 1.90. The maximum atomic E-state index is 13.5. The summed E-state index contributed by atoms with van der Waals surface area (Å²) < 4.78 is 5.80. The smallest absolute Gasteiger partial charge is 0.265 e. The van der Waals surface area contributed by atoms with Crippen molar-refractivity contribution in [2.75, 3.05) is 10.6 Å². The number of rotatable bonds is 6. The Hall–Kier alpha value is -2.54. The van der Waals surface area contributed by atoms with Crippen molar-refractivity contribution in [2.45, 2.75) is 53.1 Å². The monoisotopic (exact) mass is 544 g/mol. The van der Waals surface area contributed by atoms with Gasteiger partial charge in [-0.3, -0.25) is 9.59 Å². The molecule has 2 unspecified atom stereocenters. The van der Waals surface area contributed by atoms with Crippen molar-refractivity contribution < 1.29 is 14.3 Å². The fourth-order valence-electron chi connectivity index (χ4n) is 4.40. The Kier molecular flexibility index (Phi) is 7.98. The molecule has 0 spiro atoms. The van der Waals surface area contributed by atoms with Crippen LogP contribution in [-0.2, 0) is 17.6 Å². The van der Waals surface area contributed by atoms with Crippen LogP contribution in [0.2, 0.25) is 10.0 Å². The first kappa shape index (κ1) is 26.5. The molecule has 0 radical (unpaired) electrons. The van der Waals surface area contributed by atoms with Gasteiger partial charge in [0.15, 0.2) is 6.10 Å². The number of hydrogen-bond acceptors (Lipinski definition) is 4. The number of benzene rings is 2. The van der Waals surface area contributed by atoms with E-state index in [0.29, 0.717) is 38.0 Å². The number of nitrogens with one attached hydrogen (secondary N) is 2. The lowest BCUT2D eigenvalue weighted by Gasteiger charge is -2.33. The Morgan fingerprint density at radius 2 is 1.78 bits per heavy atom. The number of halogens is 2. The first-order valence-electron chi connectivity index (χ1n) is 12.0. The second-order valence-electron chi connectivity index (χ2n) is 10.2. The third kappa shape index (κ3) is 6.23. The molecule has 2 N–H and O–H groups in total. The largest absolute Gasteiger partial charge is 0.481 e. The van der Waals surface area contributed by atoms with Crippen molar-refractivity contribution in [3.8, 4) is 5.75 Å². The molecule has 2 amide bonds. The lowest BCUT2D eigenvalue weighted by Crippen LogP contribution is -2.30. The minimum Gasteiger partial charge on any atom is -0.481 e. The number of thiophene rings is 1. The Balaban J connectivity index is 1.60. The molecule has 0 bridgehead atoms. The molecule has 1 heterocycles. The Bertz CT molecular complexity index is 1260. The fraction of sp³-hybridized carbons (Fsp3) is 0.357. The Morgan fingerprint density at radius 1 is 1.06 bits per heavy atom. The van der Waals surface area contributed by atoms with E-state index in [1.807, 2.05) is 0 Å². The maximum absolute atomic E-state index is 13.5. The van der Waals surface area contributed by atoms with Crippen LogP contribution in [-0.4, -0.2) is 17.9 Å². The SMILES string of the molecule is CC(Oc1ccc(Cl)cc1)C(=O)Nc1sc2c(c1C(=O)Nc1cccc(Cl)c1)CCC(C(C)(C)C)C2. The van der Waals surface area contributed by atoms with Crippen LogP contribution in [0.5, 0.6) is 5.75 Å². The van der Waals surface area contributed by atoms with Gasteiger partial charge < -0.3 is 15.4 Å². The van der Waals surface area contributed by atoms with E-state index in [-0.39, 0.29) is 17.2 Å². The van der Waals surface area contributed by atoms with Crippen LogP contribution in [0, 0.1) is 11.3 Å². The minimum absolute atomic E-state index is 0.162. The molecule has 36 heavy (non-hydrogen) atoms. The highest BCUT2D eigenvalue weighted by atomic mass is 35.5. The molecule has 2 aromatic carbocycles. The summed E-state index contributed by atoms with van der Waals surface area (Å²) in [5.74, 6) is 0.459. The van der Waals surface area contributed by atoms with E-state index in [1.54, 1.807) is 55.5 Å². The number of fused-ring (bicyclic) bond motifs is 1. The van der Waals surface area contributed by atoms with E-state index in [0.717, 1.165) is 29.7 Å². The quantitative estimate of drug-likeness (QED) is 0.331. The summed E-state index contributed by atoms with van der Waals surface area (Å²) in [6.45, 7) is 8.43. The molecule has 1 aromatic heterocycles. The molecular weight excluding hydrogens is 515 g/mol. The summed E-state index contributed by atoms with van der Waals surface area (Å²) in [5.41, 5.74) is 2.30. The van der Waals surface area contributed by atoms with E-state index in [1.165, 1.54) is 11.3 Å². The van der Waals surface area contributed by atoms with Gasteiger partial charge in [-0.2, -0.15) is 0 Å². The molecule has 4 rings (SSSR count). The lowest BCUT2D eigenvalue weighted by atomic mass is 9.72. The second kappa shape index (κ2) is 10.8. The van der Waals surface area contributed by atoms with Crippen molar-refractivity contribution in [1.82, 2.24) is 0 Å². The van der Waals surface area contributed by atoms with Crippen LogP contribution in [0.4, 0.5) is 10.7 Å². The first-order chi connectivity index (χ1) is 17.0. The van der Waals surface area contributed by atoms with Gasteiger partial charge in [0.05, 0.1) is 5.56 Å². The highest BCUT2D eigenvalue weighted by molar-refractivity contribution is 7.17. The predicted molar refractivity (Wildman–Crippen MR) is 149 cm³/mol. The van der Waals surface area contributed by atoms with E-state index in [2.05, 4.69) is 31.4 Å². The van der Waals surface area contributed by atoms with Crippen molar-refractivity contribution in [3.05, 3.63) is 74.6 Å². The van der Waals surface area contributed by atoms with Gasteiger partial charge in [0.2, 0.25) is 0 Å². The zero-order chi connectivity index (χ0) is 26.0. The van der Waals surface area contributed by atoms with Gasteiger partial charge in [-0.05, 0) is 85.5 Å². The van der Waals surface area contributed by atoms with Gasteiger partial charge in [0.1, 0.15) is 10.8 Å². The predicted octanol–water partition coefficient (Wildman–Crippen LogP) is 7.86. The maximum Gasteiger partial charge on any atom is 0.265 e. The molecular formula is C28H30Cl2N2O3S. The van der Waals surface area contributed by atoms with E-state index >= 15 is 0 Å². The molecule has 1 aliphatic carbocycles. The molecule has 0 fully saturated rings. The first-order valence-corrected chi connectivity index (χ1v) is 13.5. The summed E-state index contributed by atoms with van der Waals surface area (Å²) in [5, 5.41) is 7.60. The zero-order valence-corrected chi connectivity index (χ0v) is 23.1. The average molecular weight is 546 g/mol. The van der Waals surface area contributed by atoms with Gasteiger partial charge in [-0.25, -0.2) is 0 Å². The molecule has 0 aliphatic heterocycles. The van der Waals surface area contributed by atoms with E-state index < -0.39 is 6.10 Å². The van der Waals surface area contributed by atoms with E-state index in [4.69, 9.17) is 27.9 Å². The number of carbonyl (C=O) groups is 2. The molecule has 5 nitrogen and oxygen atoms in total. The van der Waals surface area contributed by atoms with Gasteiger partial charge >= 0.3 is 0 Å². The normalized spacial score (nSPS) is 16.1. The molecule has 0 saturated carbocycles. The Labute approximate surface area is 226 Å². The minimum atomic E-state index is -0.767. The van der Waals surface area contributed by atoms with Crippen molar-refractivity contribution in [2.24, 2.45) is 11.3 Å². The highest BCUT2D eigenvalue weighted by Gasteiger charge is 2.34. The third-order valence-corrected chi connectivity index (χ3v) is 8.19. The van der Waals surface area contributed by atoms with Crippen LogP contribution in [0.1, 0.15) is 54.9 Å². The van der Waals surface area contributed by atoms with Crippen LogP contribution < -0.4 is 15.4 Å². The molecule has 2 atom stereocenters. The van der Waals surface area contributed by atoms with Crippen LogP contribution >= 0.6 is 34.5 Å². The summed E-state index contributed by atoms with van der Waals surface area (Å²) in [7, 11) is 0. The summed E-state index contributed by atoms with van der Waals surface area (Å²) in [6, 6.07) is 13.9. The molecule has 8 heteroatoms. The number of amides is 2. The molecule has 0 saturated heterocycles. The van der Waals surface area contributed by atoms with Gasteiger partial charge in [0.25, 0.3) is 11.8 Å². The van der Waals surface area contributed by atoms with Crippen molar-refractivity contribution in [3.63, 3.8) is 0 Å². The second-order valence-corrected chi connectivity index (χ2v) is 12.2. The summed E-state index contributed by atoms with van der Waals surface area (Å²) >= 11 is 13.5. The van der Waals surface area contributed by atoms with Crippen LogP contribution in [0.3, 0.4) is 0 Å². The van der Waals surface area contributed by atoms with Crippen molar-refractivity contribution >= 4 is 57.0 Å². The topological polar surface area (TPSA) is 67.4 Å². The van der Waals surface area contributed by atoms with Gasteiger partial charge in [-0.1, -0.05) is 50.0 Å². The number of anilines is 2. The third-order valence-electron chi connectivity index (χ3n) is 6.53. The fourth-order valence-corrected chi connectivity index (χ4v) is 6.04. The van der Waals surface area contributed by atoms with E-state index in [9.17, 15) is 9.59 Å². The summed E-state index contributed by atoms with van der Waals surface area (Å²) in [4.78, 5) is 27.7. The molecule has 3 aromatic rings. The standard InChI is InChI=1S/C28H30Cl2N2O3S/c1-16(35-21-11-9-18(29)10-12-21)25(33)32-27-24(26(34)31-20-7-5-6-19(30)15-20)22-13-8-17(28(2,3)4)14-23(22)36-27/h5-7,9-12,15-17H,8,13-14H2,1-4H3,(H,31,34)(H,32,33). The van der Waals surface area contributed by atoms with Gasteiger partial charge in [-0.15, -0.1) is 11.3 Å². The highest BCUT2D eigenvalue weighted by Crippen LogP contribution is 2.44. The van der Waals surface area contributed by atoms with Crippen molar-refractivity contribution in [1.29, 1.82) is 0 Å². The van der Waals surface area contributed by atoms with Crippen LogP contribution in [0.15, 0.2) is 48.5 Å². The molecule has 1 aliphatic rings. The van der Waals surface area contributed by atoms with Gasteiger partial charge in [0, 0.05) is 20.6 Å². The Morgan fingerprint density at radius 3 is 2.44 bits per heavy atom. The number of ether oxygens (including phenoxy) is 1. The average Bonchev–Trinajstić information content (AvgIpc) is 3.17. The lowest BCUT2D eigenvalue weighted by molar-refractivity contribution is -0.122. The van der Waals surface area contributed by atoms with Crippen LogP contribution in [0.25, 0.3) is 0 Å². The zero-order valence-electron chi connectivity index (χ0n) is 20.8. The molecule has 190 valence electrons. The number of hydrogen-bond donors (Lipinski definition) is 2. The number of carbonyl (C=O) groups excluding carboxylic acids is 2.